The number of aliphatic hydroxyl groups is 1. The highest BCUT2D eigenvalue weighted by Crippen LogP contribution is 2.35. The second-order valence-corrected chi connectivity index (χ2v) is 9.19. The first kappa shape index (κ1) is 27.4. The van der Waals surface area contributed by atoms with Crippen LogP contribution in [0.15, 0.2) is 35.3 Å². The van der Waals surface area contributed by atoms with Gasteiger partial charge in [-0.3, -0.25) is 0 Å². The minimum absolute atomic E-state index is 0. The van der Waals surface area contributed by atoms with Crippen LogP contribution in [0.4, 0.5) is 5.69 Å². The van der Waals surface area contributed by atoms with Crippen molar-refractivity contribution >= 4 is 35.6 Å². The number of anilines is 1. The van der Waals surface area contributed by atoms with Crippen molar-refractivity contribution in [2.75, 3.05) is 31.6 Å². The van der Waals surface area contributed by atoms with Crippen LogP contribution in [-0.2, 0) is 13.6 Å². The third-order valence-electron chi connectivity index (χ3n) is 6.66. The van der Waals surface area contributed by atoms with Crippen molar-refractivity contribution in [1.29, 1.82) is 0 Å². The van der Waals surface area contributed by atoms with Gasteiger partial charge in [0.1, 0.15) is 12.4 Å². The first-order valence-corrected chi connectivity index (χ1v) is 11.7. The number of halogens is 1. The lowest BCUT2D eigenvalue weighted by Crippen LogP contribution is -2.48. The summed E-state index contributed by atoms with van der Waals surface area (Å²) in [4.78, 5) is 7.02. The van der Waals surface area contributed by atoms with Gasteiger partial charge in [0.25, 0.3) is 0 Å². The predicted octanol–water partition coefficient (Wildman–Crippen LogP) is 3.24. The first-order chi connectivity index (χ1) is 15.4. The number of aliphatic hydroxyl groups excluding tert-OH is 1. The van der Waals surface area contributed by atoms with E-state index in [1.807, 2.05) is 24.6 Å². The number of aryl methyl sites for hydroxylation is 1. The number of hydrogen-bond donors (Lipinski definition) is 3. The average molecular weight is 570 g/mol. The Bertz CT molecular complexity index is 873. The van der Waals surface area contributed by atoms with Gasteiger partial charge in [-0.15, -0.1) is 34.2 Å². The summed E-state index contributed by atoms with van der Waals surface area (Å²) >= 11 is 0. The number of nitrogens with zero attached hydrogens (tertiary/aromatic N) is 5. The fourth-order valence-corrected chi connectivity index (χ4v) is 4.12. The van der Waals surface area contributed by atoms with E-state index in [1.165, 1.54) is 12.1 Å². The second-order valence-electron chi connectivity index (χ2n) is 9.19. The fourth-order valence-electron chi connectivity index (χ4n) is 4.12. The molecule has 1 aromatic heterocycles. The van der Waals surface area contributed by atoms with Gasteiger partial charge in [0.15, 0.2) is 11.8 Å². The van der Waals surface area contributed by atoms with Crippen LogP contribution < -0.4 is 15.5 Å². The molecule has 1 fully saturated rings. The molecule has 1 heterocycles. The van der Waals surface area contributed by atoms with E-state index in [9.17, 15) is 5.11 Å². The van der Waals surface area contributed by atoms with Gasteiger partial charge in [-0.1, -0.05) is 38.0 Å². The van der Waals surface area contributed by atoms with Gasteiger partial charge < -0.3 is 25.2 Å². The van der Waals surface area contributed by atoms with E-state index in [2.05, 4.69) is 64.0 Å². The topological polar surface area (TPSA) is 90.6 Å². The molecular weight excluding hydrogens is 529 g/mol. The zero-order valence-electron chi connectivity index (χ0n) is 20.4. The van der Waals surface area contributed by atoms with Crippen LogP contribution in [0.1, 0.15) is 50.7 Å². The van der Waals surface area contributed by atoms with Crippen molar-refractivity contribution in [3.63, 3.8) is 0 Å². The first-order valence-electron chi connectivity index (χ1n) is 11.7. The summed E-state index contributed by atoms with van der Waals surface area (Å²) in [5.41, 5.74) is 1.09. The van der Waals surface area contributed by atoms with Crippen molar-refractivity contribution in [2.45, 2.75) is 58.6 Å². The van der Waals surface area contributed by atoms with Gasteiger partial charge in [-0.2, -0.15) is 0 Å². The van der Waals surface area contributed by atoms with E-state index >= 15 is 0 Å². The zero-order chi connectivity index (χ0) is 23.0. The third-order valence-corrected chi connectivity index (χ3v) is 6.66. The SMILES string of the molecule is Cc1nnc(CN=C(NCCCN(C)c2ccccc2)NCC2(C)CCCCC2O)n1C.I. The molecule has 2 aromatic rings. The number of para-hydroxylation sites is 1. The summed E-state index contributed by atoms with van der Waals surface area (Å²) in [6, 6.07) is 10.4. The average Bonchev–Trinajstić information content (AvgIpc) is 3.12. The molecule has 3 N–H and O–H groups in total. The van der Waals surface area contributed by atoms with E-state index < -0.39 is 0 Å². The molecule has 0 radical (unpaired) electrons. The maximum absolute atomic E-state index is 10.5. The van der Waals surface area contributed by atoms with Crippen molar-refractivity contribution in [3.05, 3.63) is 42.0 Å². The fraction of sp³-hybridized carbons (Fsp3) is 0.625. The summed E-state index contributed by atoms with van der Waals surface area (Å²) in [5, 5.41) is 25.8. The molecule has 8 nitrogen and oxygen atoms in total. The van der Waals surface area contributed by atoms with Gasteiger partial charge in [-0.25, -0.2) is 4.99 Å². The van der Waals surface area contributed by atoms with Gasteiger partial charge >= 0.3 is 0 Å². The van der Waals surface area contributed by atoms with Crippen LogP contribution in [0.3, 0.4) is 0 Å². The lowest BCUT2D eigenvalue weighted by molar-refractivity contribution is 0.00397. The summed E-state index contributed by atoms with van der Waals surface area (Å²) in [5.74, 6) is 2.46. The van der Waals surface area contributed by atoms with Crippen molar-refractivity contribution in [2.24, 2.45) is 17.5 Å². The highest BCUT2D eigenvalue weighted by molar-refractivity contribution is 14.0. The Morgan fingerprint density at radius 1 is 1.24 bits per heavy atom. The van der Waals surface area contributed by atoms with Crippen LogP contribution >= 0.6 is 24.0 Å². The molecule has 33 heavy (non-hydrogen) atoms. The van der Waals surface area contributed by atoms with E-state index in [4.69, 9.17) is 4.99 Å². The number of rotatable bonds is 9. The molecule has 1 aromatic carbocycles. The minimum atomic E-state index is -0.272. The number of guanidine groups is 1. The second kappa shape index (κ2) is 13.1. The van der Waals surface area contributed by atoms with E-state index in [-0.39, 0.29) is 35.5 Å². The third kappa shape index (κ3) is 7.84. The van der Waals surface area contributed by atoms with E-state index in [1.54, 1.807) is 0 Å². The lowest BCUT2D eigenvalue weighted by atomic mass is 9.73. The number of nitrogens with one attached hydrogen (secondary N) is 2. The Morgan fingerprint density at radius 2 is 2.00 bits per heavy atom. The Kier molecular flexibility index (Phi) is 10.9. The molecule has 2 atom stereocenters. The maximum atomic E-state index is 10.5. The summed E-state index contributed by atoms with van der Waals surface area (Å²) in [6.07, 6.45) is 4.89. The van der Waals surface area contributed by atoms with Crippen molar-refractivity contribution in [1.82, 2.24) is 25.4 Å². The monoisotopic (exact) mass is 569 g/mol. The van der Waals surface area contributed by atoms with Gasteiger partial charge in [0.05, 0.1) is 6.10 Å². The van der Waals surface area contributed by atoms with Crippen LogP contribution in [0.5, 0.6) is 0 Å². The summed E-state index contributed by atoms with van der Waals surface area (Å²) in [7, 11) is 4.07. The normalized spacial score (nSPS) is 20.8. The maximum Gasteiger partial charge on any atom is 0.191 e. The molecule has 0 aliphatic heterocycles. The molecule has 1 saturated carbocycles. The molecule has 1 aliphatic carbocycles. The smallest absolute Gasteiger partial charge is 0.191 e. The predicted molar refractivity (Wildman–Crippen MR) is 145 cm³/mol. The van der Waals surface area contributed by atoms with Crippen LogP contribution in [-0.4, -0.2) is 58.6 Å². The summed E-state index contributed by atoms with van der Waals surface area (Å²) < 4.78 is 1.96. The number of benzene rings is 1. The standard InChI is InChI=1S/C24H39N7O.HI/c1-19-28-29-22(31(19)4)17-26-23(27-18-24(2)14-9-8-13-21(24)32)25-15-10-16-30(3)20-11-6-5-7-12-20;/h5-7,11-12,21,32H,8-10,13-18H2,1-4H3,(H2,25,26,27);1H. The summed E-state index contributed by atoms with van der Waals surface area (Å²) in [6.45, 7) is 7.01. The lowest BCUT2D eigenvalue weighted by Gasteiger charge is -2.38. The molecule has 184 valence electrons. The minimum Gasteiger partial charge on any atom is -0.392 e. The molecular formula is C24H40IN7O. The van der Waals surface area contributed by atoms with E-state index in [0.717, 1.165) is 56.4 Å². The highest BCUT2D eigenvalue weighted by atomic mass is 127. The quantitative estimate of drug-likeness (QED) is 0.186. The molecule has 1 aliphatic rings. The largest absolute Gasteiger partial charge is 0.392 e. The van der Waals surface area contributed by atoms with Crippen molar-refractivity contribution < 1.29 is 5.11 Å². The van der Waals surface area contributed by atoms with Crippen LogP contribution in [0.2, 0.25) is 0 Å². The van der Waals surface area contributed by atoms with Crippen LogP contribution in [0.25, 0.3) is 0 Å². The molecule has 0 bridgehead atoms. The Hall–Kier alpha value is -1.88. The van der Waals surface area contributed by atoms with Gasteiger partial charge in [0, 0.05) is 44.8 Å². The van der Waals surface area contributed by atoms with Crippen LogP contribution in [0, 0.1) is 12.3 Å². The van der Waals surface area contributed by atoms with E-state index in [0.29, 0.717) is 13.1 Å². The molecule has 2 unspecified atom stereocenters. The molecule has 0 saturated heterocycles. The Balaban J connectivity index is 0.00000385. The van der Waals surface area contributed by atoms with Gasteiger partial charge in [-0.05, 0) is 38.3 Å². The Labute approximate surface area is 215 Å². The number of hydrogen-bond acceptors (Lipinski definition) is 5. The molecule has 0 spiro atoms. The zero-order valence-corrected chi connectivity index (χ0v) is 22.7. The molecule has 9 heteroatoms. The number of aromatic nitrogens is 3. The number of aliphatic imine (C=N–C) groups is 1. The molecule has 3 rings (SSSR count). The van der Waals surface area contributed by atoms with Gasteiger partial charge in [0.2, 0.25) is 0 Å². The Morgan fingerprint density at radius 3 is 2.67 bits per heavy atom. The molecule has 0 amide bonds. The van der Waals surface area contributed by atoms with Crippen molar-refractivity contribution in [3.8, 4) is 0 Å². The highest BCUT2D eigenvalue weighted by Gasteiger charge is 2.35.